The van der Waals surface area contributed by atoms with Gasteiger partial charge in [0, 0.05) is 5.56 Å². The van der Waals surface area contributed by atoms with Crippen LogP contribution in [0.1, 0.15) is 38.3 Å². The van der Waals surface area contributed by atoms with Crippen LogP contribution in [0, 0.1) is 5.82 Å². The summed E-state index contributed by atoms with van der Waals surface area (Å²) in [7, 11) is 0. The SMILES string of the molecule is CCOc1cc(/C=C2/NC(=O)N(Cc3ccccc3F)C2=O)cc(Br)c1O[C@@H](C)CC. The Morgan fingerprint density at radius 1 is 1.23 bits per heavy atom. The number of ether oxygens (including phenoxy) is 2. The minimum absolute atomic E-state index is 0.00217. The lowest BCUT2D eigenvalue weighted by Crippen LogP contribution is -2.30. The third kappa shape index (κ3) is 5.25. The number of hydrogen-bond acceptors (Lipinski definition) is 4. The minimum Gasteiger partial charge on any atom is -0.490 e. The number of nitrogens with zero attached hydrogens (tertiary/aromatic N) is 1. The molecule has 0 spiro atoms. The third-order valence-electron chi connectivity index (χ3n) is 4.79. The lowest BCUT2D eigenvalue weighted by atomic mass is 10.1. The molecule has 6 nitrogen and oxygen atoms in total. The summed E-state index contributed by atoms with van der Waals surface area (Å²) in [6, 6.07) is 8.98. The molecule has 31 heavy (non-hydrogen) atoms. The summed E-state index contributed by atoms with van der Waals surface area (Å²) >= 11 is 3.51. The number of halogens is 2. The highest BCUT2D eigenvalue weighted by atomic mass is 79.9. The zero-order chi connectivity index (χ0) is 22.5. The lowest BCUT2D eigenvalue weighted by molar-refractivity contribution is -0.123. The van der Waals surface area contributed by atoms with E-state index in [0.717, 1.165) is 11.3 Å². The molecule has 3 rings (SSSR count). The van der Waals surface area contributed by atoms with Gasteiger partial charge in [0.2, 0.25) is 0 Å². The van der Waals surface area contributed by atoms with Crippen molar-refractivity contribution in [1.82, 2.24) is 10.2 Å². The van der Waals surface area contributed by atoms with E-state index in [0.29, 0.717) is 28.1 Å². The summed E-state index contributed by atoms with van der Waals surface area (Å²) in [5, 5.41) is 2.56. The van der Waals surface area contributed by atoms with Gasteiger partial charge in [-0.2, -0.15) is 0 Å². The van der Waals surface area contributed by atoms with Crippen molar-refractivity contribution < 1.29 is 23.5 Å². The van der Waals surface area contributed by atoms with Gasteiger partial charge in [0.15, 0.2) is 11.5 Å². The summed E-state index contributed by atoms with van der Waals surface area (Å²) in [5.74, 6) is 0.121. The van der Waals surface area contributed by atoms with Crippen LogP contribution in [-0.4, -0.2) is 29.5 Å². The van der Waals surface area contributed by atoms with Crippen LogP contribution >= 0.6 is 15.9 Å². The van der Waals surface area contributed by atoms with Gasteiger partial charge in [-0.1, -0.05) is 25.1 Å². The van der Waals surface area contributed by atoms with Crippen molar-refractivity contribution >= 4 is 33.9 Å². The molecule has 0 radical (unpaired) electrons. The maximum absolute atomic E-state index is 13.9. The average molecular weight is 491 g/mol. The van der Waals surface area contributed by atoms with E-state index in [4.69, 9.17) is 9.47 Å². The molecular weight excluding hydrogens is 467 g/mol. The van der Waals surface area contributed by atoms with Crippen LogP contribution in [0.25, 0.3) is 6.08 Å². The van der Waals surface area contributed by atoms with Crippen molar-refractivity contribution in [3.63, 3.8) is 0 Å². The fourth-order valence-corrected chi connectivity index (χ4v) is 3.57. The smallest absolute Gasteiger partial charge is 0.329 e. The monoisotopic (exact) mass is 490 g/mol. The molecule has 1 N–H and O–H groups in total. The quantitative estimate of drug-likeness (QED) is 0.404. The highest BCUT2D eigenvalue weighted by molar-refractivity contribution is 9.10. The molecule has 3 amide bonds. The number of imide groups is 1. The molecule has 0 unspecified atom stereocenters. The number of benzene rings is 2. The maximum atomic E-state index is 13.9. The van der Waals surface area contributed by atoms with Gasteiger partial charge in [-0.05, 0) is 66.0 Å². The number of nitrogens with one attached hydrogen (secondary N) is 1. The lowest BCUT2D eigenvalue weighted by Gasteiger charge is -2.18. The molecule has 8 heteroatoms. The molecule has 1 aliphatic rings. The van der Waals surface area contributed by atoms with Gasteiger partial charge in [-0.25, -0.2) is 9.18 Å². The summed E-state index contributed by atoms with van der Waals surface area (Å²) < 4.78 is 26.3. The van der Waals surface area contributed by atoms with Crippen LogP contribution < -0.4 is 14.8 Å². The van der Waals surface area contributed by atoms with Crippen LogP contribution in [0.3, 0.4) is 0 Å². The number of amides is 3. The van der Waals surface area contributed by atoms with E-state index in [2.05, 4.69) is 21.2 Å². The van der Waals surface area contributed by atoms with Gasteiger partial charge in [-0.15, -0.1) is 0 Å². The van der Waals surface area contributed by atoms with E-state index in [-0.39, 0.29) is 23.9 Å². The average Bonchev–Trinajstić information content (AvgIpc) is 2.99. The Hall–Kier alpha value is -2.87. The van der Waals surface area contributed by atoms with E-state index in [1.807, 2.05) is 20.8 Å². The predicted molar refractivity (Wildman–Crippen MR) is 119 cm³/mol. The van der Waals surface area contributed by atoms with Gasteiger partial charge in [0.05, 0.1) is 23.7 Å². The first-order chi connectivity index (χ1) is 14.8. The summed E-state index contributed by atoms with van der Waals surface area (Å²) in [5.41, 5.74) is 1.01. The first kappa shape index (κ1) is 22.8. The van der Waals surface area contributed by atoms with Crippen LogP contribution in [0.5, 0.6) is 11.5 Å². The van der Waals surface area contributed by atoms with Crippen LogP contribution in [0.2, 0.25) is 0 Å². The van der Waals surface area contributed by atoms with Crippen molar-refractivity contribution in [1.29, 1.82) is 0 Å². The maximum Gasteiger partial charge on any atom is 0.329 e. The van der Waals surface area contributed by atoms with Crippen LogP contribution in [0.15, 0.2) is 46.6 Å². The van der Waals surface area contributed by atoms with E-state index in [9.17, 15) is 14.0 Å². The predicted octanol–water partition coefficient (Wildman–Crippen LogP) is 5.26. The second-order valence-electron chi connectivity index (χ2n) is 7.07. The molecule has 0 aliphatic carbocycles. The molecule has 1 atom stereocenters. The van der Waals surface area contributed by atoms with Gasteiger partial charge in [0.1, 0.15) is 11.5 Å². The molecule has 2 aromatic carbocycles. The van der Waals surface area contributed by atoms with E-state index in [1.165, 1.54) is 6.07 Å². The molecule has 0 saturated carbocycles. The van der Waals surface area contributed by atoms with Crippen molar-refractivity contribution in [2.45, 2.75) is 39.8 Å². The Labute approximate surface area is 189 Å². The first-order valence-corrected chi connectivity index (χ1v) is 10.8. The van der Waals surface area contributed by atoms with Crippen LogP contribution in [-0.2, 0) is 11.3 Å². The van der Waals surface area contributed by atoms with Gasteiger partial charge in [-0.3, -0.25) is 9.69 Å². The second-order valence-corrected chi connectivity index (χ2v) is 7.92. The number of hydrogen-bond donors (Lipinski definition) is 1. The minimum atomic E-state index is -0.597. The number of urea groups is 1. The molecule has 164 valence electrons. The Bertz CT molecular complexity index is 1020. The molecule has 1 aliphatic heterocycles. The Morgan fingerprint density at radius 3 is 2.65 bits per heavy atom. The molecule has 1 saturated heterocycles. The topological polar surface area (TPSA) is 67.9 Å². The zero-order valence-electron chi connectivity index (χ0n) is 17.6. The molecule has 0 aromatic heterocycles. The van der Waals surface area contributed by atoms with E-state index in [1.54, 1.807) is 36.4 Å². The van der Waals surface area contributed by atoms with Crippen LogP contribution in [0.4, 0.5) is 9.18 Å². The van der Waals surface area contributed by atoms with Crippen molar-refractivity contribution in [2.24, 2.45) is 0 Å². The Balaban J connectivity index is 1.88. The second kappa shape index (κ2) is 9.96. The summed E-state index contributed by atoms with van der Waals surface area (Å²) in [6.45, 7) is 6.15. The van der Waals surface area contributed by atoms with E-state index >= 15 is 0 Å². The Kier molecular flexibility index (Phi) is 7.33. The number of rotatable bonds is 8. The highest BCUT2D eigenvalue weighted by Gasteiger charge is 2.34. The molecular formula is C23H24BrFN2O4. The fourth-order valence-electron chi connectivity index (χ4n) is 3.01. The Morgan fingerprint density at radius 2 is 1.97 bits per heavy atom. The van der Waals surface area contributed by atoms with Gasteiger partial charge >= 0.3 is 6.03 Å². The van der Waals surface area contributed by atoms with E-state index < -0.39 is 17.8 Å². The van der Waals surface area contributed by atoms with Crippen molar-refractivity contribution in [2.75, 3.05) is 6.61 Å². The number of carbonyl (C=O) groups is 2. The summed E-state index contributed by atoms with van der Waals surface area (Å²) in [6.07, 6.45) is 2.40. The van der Waals surface area contributed by atoms with Crippen molar-refractivity contribution in [3.05, 3.63) is 63.5 Å². The molecule has 2 aromatic rings. The molecule has 1 fully saturated rings. The zero-order valence-corrected chi connectivity index (χ0v) is 19.2. The van der Waals surface area contributed by atoms with Gasteiger partial charge < -0.3 is 14.8 Å². The molecule has 0 bridgehead atoms. The third-order valence-corrected chi connectivity index (χ3v) is 5.37. The standard InChI is InChI=1S/C23H24BrFN2O4/c1-4-14(3)31-21-17(24)10-15(12-20(21)30-5-2)11-19-22(28)27(23(29)26-19)13-16-8-6-7-9-18(16)25/h6-12,14H,4-5,13H2,1-3H3,(H,26,29)/b19-11+/t14-/m0/s1. The fraction of sp³-hybridized carbons (Fsp3) is 0.304. The molecule has 1 heterocycles. The summed E-state index contributed by atoms with van der Waals surface area (Å²) in [4.78, 5) is 26.1. The highest BCUT2D eigenvalue weighted by Crippen LogP contribution is 2.38. The number of carbonyl (C=O) groups excluding carboxylic acids is 2. The van der Waals surface area contributed by atoms with Gasteiger partial charge in [0.25, 0.3) is 5.91 Å². The normalized spacial score (nSPS) is 15.9. The first-order valence-electron chi connectivity index (χ1n) is 10.0. The van der Waals surface area contributed by atoms with Crippen molar-refractivity contribution in [3.8, 4) is 11.5 Å². The largest absolute Gasteiger partial charge is 0.490 e.